The van der Waals surface area contributed by atoms with Gasteiger partial charge in [-0.25, -0.2) is 0 Å². The monoisotopic (exact) mass is 315 g/mol. The molecule has 124 valence electrons. The van der Waals surface area contributed by atoms with E-state index in [4.69, 9.17) is 4.74 Å². The highest BCUT2D eigenvalue weighted by Gasteiger charge is 2.33. The Morgan fingerprint density at radius 3 is 3.13 bits per heavy atom. The lowest BCUT2D eigenvalue weighted by Gasteiger charge is -2.42. The van der Waals surface area contributed by atoms with Crippen LogP contribution in [0.15, 0.2) is 24.3 Å². The number of nitrogens with one attached hydrogen (secondary N) is 1. The molecule has 23 heavy (non-hydrogen) atoms. The maximum atomic E-state index is 12.8. The summed E-state index contributed by atoms with van der Waals surface area (Å²) < 4.78 is 5.65. The first-order valence-corrected chi connectivity index (χ1v) is 8.79. The maximum Gasteiger partial charge on any atom is 0.241 e. The number of nitrogens with zero attached hydrogens (tertiary/aromatic N) is 2. The molecular formula is C18H25N3O2. The second kappa shape index (κ2) is 6.49. The Bertz CT molecular complexity index is 577. The molecule has 1 amide bonds. The molecule has 0 saturated carbocycles. The number of carbonyl (C=O) groups is 1. The number of carbonyl (C=O) groups excluding carboxylic acids is 1. The van der Waals surface area contributed by atoms with E-state index in [0.717, 1.165) is 37.5 Å². The van der Waals surface area contributed by atoms with E-state index >= 15 is 0 Å². The first-order valence-electron chi connectivity index (χ1n) is 8.79. The van der Waals surface area contributed by atoms with Crippen molar-refractivity contribution in [1.82, 2.24) is 10.2 Å². The molecule has 5 nitrogen and oxygen atoms in total. The standard InChI is InChI=1S/C18H25N3O2/c22-18(21-10-11-23-17-6-2-1-5-16(17)21)13-20-9-7-15-14(12-20)4-3-8-19-15/h1-2,5-6,14-15,19H,3-4,7-13H2/t14-,15+/m1/s1. The van der Waals surface area contributed by atoms with Crippen molar-refractivity contribution < 1.29 is 9.53 Å². The Balaban J connectivity index is 1.41. The van der Waals surface area contributed by atoms with Crippen molar-refractivity contribution in [3.8, 4) is 5.75 Å². The minimum atomic E-state index is 0.197. The van der Waals surface area contributed by atoms with E-state index in [1.54, 1.807) is 0 Å². The molecule has 3 heterocycles. The lowest BCUT2D eigenvalue weighted by molar-refractivity contribution is -0.120. The average molecular weight is 315 g/mol. The molecule has 3 aliphatic rings. The zero-order valence-corrected chi connectivity index (χ0v) is 13.5. The van der Waals surface area contributed by atoms with Crippen molar-refractivity contribution in [2.75, 3.05) is 44.2 Å². The topological polar surface area (TPSA) is 44.8 Å². The normalized spacial score (nSPS) is 27.7. The number of ether oxygens (including phenoxy) is 1. The molecule has 5 heteroatoms. The minimum Gasteiger partial charge on any atom is -0.490 e. The van der Waals surface area contributed by atoms with E-state index in [9.17, 15) is 4.79 Å². The lowest BCUT2D eigenvalue weighted by atomic mass is 9.85. The summed E-state index contributed by atoms with van der Waals surface area (Å²) in [4.78, 5) is 17.0. The van der Waals surface area contributed by atoms with Crippen LogP contribution in [0.5, 0.6) is 5.75 Å². The number of hydrogen-bond acceptors (Lipinski definition) is 4. The molecule has 0 aromatic heterocycles. The summed E-state index contributed by atoms with van der Waals surface area (Å²) in [6, 6.07) is 8.50. The molecule has 0 spiro atoms. The highest BCUT2D eigenvalue weighted by Crippen LogP contribution is 2.31. The Morgan fingerprint density at radius 2 is 2.17 bits per heavy atom. The summed E-state index contributed by atoms with van der Waals surface area (Å²) in [7, 11) is 0. The van der Waals surface area contributed by atoms with Gasteiger partial charge in [-0.2, -0.15) is 0 Å². The van der Waals surface area contributed by atoms with Crippen LogP contribution in [0, 0.1) is 5.92 Å². The summed E-state index contributed by atoms with van der Waals surface area (Å²) >= 11 is 0. The van der Waals surface area contributed by atoms with Crippen LogP contribution in [-0.4, -0.2) is 56.2 Å². The predicted molar refractivity (Wildman–Crippen MR) is 89.9 cm³/mol. The summed E-state index contributed by atoms with van der Waals surface area (Å²) in [5, 5.41) is 3.63. The molecule has 0 unspecified atom stereocenters. The fourth-order valence-electron chi connectivity index (χ4n) is 4.17. The zero-order valence-electron chi connectivity index (χ0n) is 13.5. The first kappa shape index (κ1) is 15.0. The van der Waals surface area contributed by atoms with Gasteiger partial charge in [0.25, 0.3) is 0 Å². The quantitative estimate of drug-likeness (QED) is 0.898. The molecule has 1 N–H and O–H groups in total. The van der Waals surface area contributed by atoms with Crippen LogP contribution < -0.4 is 15.0 Å². The van der Waals surface area contributed by atoms with E-state index < -0.39 is 0 Å². The van der Waals surface area contributed by atoms with Gasteiger partial charge in [-0.05, 0) is 43.9 Å². The van der Waals surface area contributed by atoms with Gasteiger partial charge in [-0.15, -0.1) is 0 Å². The van der Waals surface area contributed by atoms with Crippen LogP contribution in [0.2, 0.25) is 0 Å². The molecule has 4 rings (SSSR count). The molecule has 0 bridgehead atoms. The molecule has 1 aromatic carbocycles. The van der Waals surface area contributed by atoms with Crippen molar-refractivity contribution in [2.24, 2.45) is 5.92 Å². The Hall–Kier alpha value is -1.59. The minimum absolute atomic E-state index is 0.197. The van der Waals surface area contributed by atoms with Crippen molar-refractivity contribution >= 4 is 11.6 Å². The third kappa shape index (κ3) is 3.08. The second-order valence-electron chi connectivity index (χ2n) is 6.85. The SMILES string of the molecule is O=C(CN1CC[C@@H]2NCCC[C@@H]2C1)N1CCOc2ccccc21. The van der Waals surface area contributed by atoms with Gasteiger partial charge in [0.15, 0.2) is 0 Å². The van der Waals surface area contributed by atoms with Gasteiger partial charge in [0.1, 0.15) is 12.4 Å². The Labute approximate surface area is 137 Å². The maximum absolute atomic E-state index is 12.8. The van der Waals surface area contributed by atoms with Crippen molar-refractivity contribution in [3.63, 3.8) is 0 Å². The van der Waals surface area contributed by atoms with Gasteiger partial charge < -0.3 is 15.0 Å². The lowest BCUT2D eigenvalue weighted by Crippen LogP contribution is -2.54. The van der Waals surface area contributed by atoms with E-state index in [2.05, 4.69) is 10.2 Å². The molecule has 0 radical (unpaired) electrons. The number of hydrogen-bond donors (Lipinski definition) is 1. The third-order valence-electron chi connectivity index (χ3n) is 5.36. The molecule has 0 aliphatic carbocycles. The average Bonchev–Trinajstić information content (AvgIpc) is 2.61. The van der Waals surface area contributed by atoms with Crippen molar-refractivity contribution in [3.05, 3.63) is 24.3 Å². The van der Waals surface area contributed by atoms with Crippen molar-refractivity contribution in [2.45, 2.75) is 25.3 Å². The smallest absolute Gasteiger partial charge is 0.241 e. The fourth-order valence-corrected chi connectivity index (χ4v) is 4.17. The van der Waals surface area contributed by atoms with Crippen LogP contribution in [0.4, 0.5) is 5.69 Å². The van der Waals surface area contributed by atoms with Crippen LogP contribution in [0.3, 0.4) is 0 Å². The van der Waals surface area contributed by atoms with Crippen LogP contribution >= 0.6 is 0 Å². The number of amides is 1. The van der Waals surface area contributed by atoms with E-state index in [1.807, 2.05) is 29.2 Å². The first-order chi connectivity index (χ1) is 11.3. The highest BCUT2D eigenvalue weighted by atomic mass is 16.5. The third-order valence-corrected chi connectivity index (χ3v) is 5.36. The van der Waals surface area contributed by atoms with Gasteiger partial charge in [0, 0.05) is 19.1 Å². The van der Waals surface area contributed by atoms with Gasteiger partial charge in [0.2, 0.25) is 5.91 Å². The largest absolute Gasteiger partial charge is 0.490 e. The summed E-state index contributed by atoms with van der Waals surface area (Å²) in [6.07, 6.45) is 3.72. The molecular weight excluding hydrogens is 290 g/mol. The van der Waals surface area contributed by atoms with Gasteiger partial charge in [-0.3, -0.25) is 9.69 Å². The van der Waals surface area contributed by atoms with Gasteiger partial charge in [0.05, 0.1) is 18.8 Å². The van der Waals surface area contributed by atoms with Crippen LogP contribution in [-0.2, 0) is 4.79 Å². The zero-order chi connectivity index (χ0) is 15.6. The molecule has 2 atom stereocenters. The van der Waals surface area contributed by atoms with Gasteiger partial charge >= 0.3 is 0 Å². The van der Waals surface area contributed by atoms with Crippen molar-refractivity contribution in [1.29, 1.82) is 0 Å². The molecule has 2 saturated heterocycles. The van der Waals surface area contributed by atoms with Crippen LogP contribution in [0.1, 0.15) is 19.3 Å². The van der Waals surface area contributed by atoms with E-state index in [1.165, 1.54) is 12.8 Å². The summed E-state index contributed by atoms with van der Waals surface area (Å²) in [5.74, 6) is 1.73. The Morgan fingerprint density at radius 1 is 1.26 bits per heavy atom. The van der Waals surface area contributed by atoms with Crippen LogP contribution in [0.25, 0.3) is 0 Å². The number of anilines is 1. The summed E-state index contributed by atoms with van der Waals surface area (Å²) in [5.41, 5.74) is 0.915. The fraction of sp³-hybridized carbons (Fsp3) is 0.611. The highest BCUT2D eigenvalue weighted by molar-refractivity contribution is 5.96. The number of piperidine rings is 2. The second-order valence-corrected chi connectivity index (χ2v) is 6.85. The number of fused-ring (bicyclic) bond motifs is 2. The molecule has 1 aromatic rings. The number of likely N-dealkylation sites (tertiary alicyclic amines) is 1. The van der Waals surface area contributed by atoms with E-state index in [-0.39, 0.29) is 5.91 Å². The number of para-hydroxylation sites is 2. The number of rotatable bonds is 2. The van der Waals surface area contributed by atoms with E-state index in [0.29, 0.717) is 31.7 Å². The van der Waals surface area contributed by atoms with Gasteiger partial charge in [-0.1, -0.05) is 12.1 Å². The molecule has 2 fully saturated rings. The predicted octanol–water partition coefficient (Wildman–Crippen LogP) is 1.49. The molecule has 3 aliphatic heterocycles. The number of benzene rings is 1. The Kier molecular flexibility index (Phi) is 4.23. The summed E-state index contributed by atoms with van der Waals surface area (Å²) in [6.45, 7) is 4.98.